The van der Waals surface area contributed by atoms with Gasteiger partial charge in [-0.05, 0) is 30.9 Å². The van der Waals surface area contributed by atoms with Crippen LogP contribution in [0.15, 0.2) is 18.2 Å². The number of morpholine rings is 1. The Morgan fingerprint density at radius 3 is 2.90 bits per heavy atom. The van der Waals surface area contributed by atoms with Gasteiger partial charge in [-0.3, -0.25) is 15.0 Å². The van der Waals surface area contributed by atoms with Crippen molar-refractivity contribution in [1.29, 1.82) is 0 Å². The Kier molecular flexibility index (Phi) is 5.05. The molecule has 1 aliphatic heterocycles. The number of nitro benzene ring substituents is 1. The fraction of sp³-hybridized carbons (Fsp3) is 0.400. The fourth-order valence-corrected chi connectivity index (χ4v) is 5.20. The minimum Gasteiger partial charge on any atom is -0.431 e. The van der Waals surface area contributed by atoms with Gasteiger partial charge in [-0.15, -0.1) is 11.3 Å². The molecule has 156 valence electrons. The van der Waals surface area contributed by atoms with Gasteiger partial charge >= 0.3 is 5.69 Å². The van der Waals surface area contributed by atoms with Crippen molar-refractivity contribution in [3.63, 3.8) is 0 Å². The van der Waals surface area contributed by atoms with Crippen LogP contribution in [0.4, 0.5) is 10.1 Å². The van der Waals surface area contributed by atoms with E-state index in [0.717, 1.165) is 66.3 Å². The smallest absolute Gasteiger partial charge is 0.311 e. The molecular formula is C20H19FN4O4S. The second-order valence-electron chi connectivity index (χ2n) is 7.34. The summed E-state index contributed by atoms with van der Waals surface area (Å²) in [6.07, 6.45) is 2.92. The lowest BCUT2D eigenvalue weighted by Crippen LogP contribution is -2.36. The minimum absolute atomic E-state index is 0.157. The highest BCUT2D eigenvalue weighted by atomic mass is 32.1. The van der Waals surface area contributed by atoms with Crippen LogP contribution in [0.2, 0.25) is 0 Å². The van der Waals surface area contributed by atoms with E-state index >= 15 is 0 Å². The molecule has 3 aromatic rings. The van der Waals surface area contributed by atoms with E-state index in [4.69, 9.17) is 14.5 Å². The van der Waals surface area contributed by atoms with Crippen molar-refractivity contribution in [1.82, 2.24) is 14.9 Å². The monoisotopic (exact) mass is 430 g/mol. The molecule has 0 unspecified atom stereocenters. The van der Waals surface area contributed by atoms with Gasteiger partial charge in [0.25, 0.3) is 0 Å². The third-order valence-corrected chi connectivity index (χ3v) is 6.56. The normalized spacial score (nSPS) is 16.7. The molecule has 0 amide bonds. The van der Waals surface area contributed by atoms with E-state index in [-0.39, 0.29) is 17.3 Å². The third-order valence-electron chi connectivity index (χ3n) is 5.37. The second kappa shape index (κ2) is 7.86. The Labute approximate surface area is 175 Å². The van der Waals surface area contributed by atoms with Crippen LogP contribution in [0.1, 0.15) is 22.7 Å². The van der Waals surface area contributed by atoms with Crippen LogP contribution < -0.4 is 4.74 Å². The Balaban J connectivity index is 1.59. The van der Waals surface area contributed by atoms with Crippen molar-refractivity contribution in [2.75, 3.05) is 26.3 Å². The van der Waals surface area contributed by atoms with E-state index in [1.807, 2.05) is 0 Å². The number of thiophene rings is 1. The van der Waals surface area contributed by atoms with E-state index in [2.05, 4.69) is 9.88 Å². The SMILES string of the molecule is O=[N+]([O-])c1ccc(F)cc1Oc1nc(CN2CCOCC2)nc2sc3c(c12)CCC3. The van der Waals surface area contributed by atoms with Crippen molar-refractivity contribution in [3.8, 4) is 11.6 Å². The van der Waals surface area contributed by atoms with Crippen molar-refractivity contribution in [3.05, 3.63) is 50.4 Å². The number of nitrogens with zero attached hydrogens (tertiary/aromatic N) is 4. The van der Waals surface area contributed by atoms with Crippen LogP contribution in [-0.4, -0.2) is 46.1 Å². The number of halogens is 1. The van der Waals surface area contributed by atoms with Crippen molar-refractivity contribution in [2.45, 2.75) is 25.8 Å². The van der Waals surface area contributed by atoms with Gasteiger partial charge in [-0.25, -0.2) is 9.37 Å². The standard InChI is InChI=1S/C20H19FN4O4S/c21-12-4-5-14(25(26)27)15(10-12)29-19-18-13-2-1-3-16(13)30-20(18)23-17(22-19)11-24-6-8-28-9-7-24/h4-5,10H,1-3,6-9,11H2. The number of rotatable bonds is 5. The number of ether oxygens (including phenoxy) is 2. The van der Waals surface area contributed by atoms with Crippen molar-refractivity contribution in [2.24, 2.45) is 0 Å². The summed E-state index contributed by atoms with van der Waals surface area (Å²) in [4.78, 5) is 24.4. The summed E-state index contributed by atoms with van der Waals surface area (Å²) in [6.45, 7) is 3.42. The molecule has 0 radical (unpaired) electrons. The number of hydrogen-bond donors (Lipinski definition) is 0. The van der Waals surface area contributed by atoms with Crippen LogP contribution in [0.25, 0.3) is 10.2 Å². The molecule has 1 saturated heterocycles. The highest BCUT2D eigenvalue weighted by molar-refractivity contribution is 7.19. The Morgan fingerprint density at radius 2 is 2.10 bits per heavy atom. The second-order valence-corrected chi connectivity index (χ2v) is 8.43. The maximum Gasteiger partial charge on any atom is 0.311 e. The first-order valence-corrected chi connectivity index (χ1v) is 10.6. The summed E-state index contributed by atoms with van der Waals surface area (Å²) in [5.41, 5.74) is 0.840. The van der Waals surface area contributed by atoms with Crippen LogP contribution in [0, 0.1) is 15.9 Å². The molecule has 0 spiro atoms. The molecule has 3 heterocycles. The lowest BCUT2D eigenvalue weighted by atomic mass is 10.2. The van der Waals surface area contributed by atoms with E-state index < -0.39 is 10.7 Å². The first-order valence-electron chi connectivity index (χ1n) is 9.81. The lowest BCUT2D eigenvalue weighted by molar-refractivity contribution is -0.385. The van der Waals surface area contributed by atoms with Crippen LogP contribution in [0.5, 0.6) is 11.6 Å². The zero-order valence-electron chi connectivity index (χ0n) is 16.1. The molecule has 0 bridgehead atoms. The van der Waals surface area contributed by atoms with Crippen LogP contribution in [-0.2, 0) is 24.1 Å². The number of aromatic nitrogens is 2. The van der Waals surface area contributed by atoms with Gasteiger partial charge in [0, 0.05) is 30.1 Å². The summed E-state index contributed by atoms with van der Waals surface area (Å²) < 4.78 is 25.1. The van der Waals surface area contributed by atoms with Gasteiger partial charge in [-0.1, -0.05) is 0 Å². The highest BCUT2D eigenvalue weighted by Gasteiger charge is 2.26. The van der Waals surface area contributed by atoms with Gasteiger partial charge in [0.05, 0.1) is 30.1 Å². The average molecular weight is 430 g/mol. The molecule has 0 atom stereocenters. The van der Waals surface area contributed by atoms with Crippen molar-refractivity contribution < 1.29 is 18.8 Å². The molecule has 1 aliphatic carbocycles. The molecule has 0 saturated carbocycles. The van der Waals surface area contributed by atoms with Crippen molar-refractivity contribution >= 4 is 27.2 Å². The molecule has 2 aliphatic rings. The quantitative estimate of drug-likeness (QED) is 0.448. The number of fused-ring (bicyclic) bond motifs is 3. The summed E-state index contributed by atoms with van der Waals surface area (Å²) in [6, 6.07) is 3.18. The fourth-order valence-electron chi connectivity index (χ4n) is 3.93. The third kappa shape index (κ3) is 3.62. The summed E-state index contributed by atoms with van der Waals surface area (Å²) in [5, 5.41) is 12.2. The number of nitro groups is 1. The Morgan fingerprint density at radius 1 is 1.27 bits per heavy atom. The Hall–Kier alpha value is -2.69. The molecule has 5 rings (SSSR count). The summed E-state index contributed by atoms with van der Waals surface area (Å²) >= 11 is 1.62. The first kappa shape index (κ1) is 19.3. The number of aryl methyl sites for hydroxylation is 2. The van der Waals surface area contributed by atoms with Crippen LogP contribution >= 0.6 is 11.3 Å². The van der Waals surface area contributed by atoms with E-state index in [0.29, 0.717) is 25.6 Å². The maximum atomic E-state index is 13.8. The molecule has 1 aromatic carbocycles. The van der Waals surface area contributed by atoms with E-state index in [9.17, 15) is 14.5 Å². The van der Waals surface area contributed by atoms with Gasteiger partial charge in [0.15, 0.2) is 0 Å². The lowest BCUT2D eigenvalue weighted by Gasteiger charge is -2.25. The minimum atomic E-state index is -0.606. The van der Waals surface area contributed by atoms with Crippen LogP contribution in [0.3, 0.4) is 0 Å². The predicted molar refractivity (Wildman–Crippen MR) is 109 cm³/mol. The molecular weight excluding hydrogens is 411 g/mol. The molecule has 30 heavy (non-hydrogen) atoms. The topological polar surface area (TPSA) is 90.6 Å². The molecule has 8 nitrogen and oxygen atoms in total. The van der Waals surface area contributed by atoms with Gasteiger partial charge in [-0.2, -0.15) is 4.98 Å². The zero-order valence-corrected chi connectivity index (χ0v) is 16.9. The molecule has 2 aromatic heterocycles. The largest absolute Gasteiger partial charge is 0.431 e. The molecule has 0 N–H and O–H groups in total. The Bertz CT molecular complexity index is 1130. The summed E-state index contributed by atoms with van der Waals surface area (Å²) in [5.74, 6) is 0.0787. The maximum absolute atomic E-state index is 13.8. The molecule has 10 heteroatoms. The number of hydrogen-bond acceptors (Lipinski definition) is 8. The number of benzene rings is 1. The summed E-state index contributed by atoms with van der Waals surface area (Å²) in [7, 11) is 0. The zero-order chi connectivity index (χ0) is 20.7. The van der Waals surface area contributed by atoms with E-state index in [1.54, 1.807) is 11.3 Å². The molecule has 1 fully saturated rings. The van der Waals surface area contributed by atoms with Gasteiger partial charge in [0.2, 0.25) is 11.6 Å². The first-order chi connectivity index (χ1) is 14.6. The van der Waals surface area contributed by atoms with E-state index in [1.165, 1.54) is 4.88 Å². The highest BCUT2D eigenvalue weighted by Crippen LogP contribution is 2.42. The van der Waals surface area contributed by atoms with Gasteiger partial charge < -0.3 is 9.47 Å². The predicted octanol–water partition coefficient (Wildman–Crippen LogP) is 3.85. The van der Waals surface area contributed by atoms with Gasteiger partial charge in [0.1, 0.15) is 16.5 Å². The average Bonchev–Trinajstić information content (AvgIpc) is 3.29.